The summed E-state index contributed by atoms with van der Waals surface area (Å²) in [6.45, 7) is 3.21. The highest BCUT2D eigenvalue weighted by atomic mass is 19.1. The molecule has 6 nitrogen and oxygen atoms in total. The van der Waals surface area contributed by atoms with Crippen LogP contribution in [0.25, 0.3) is 11.2 Å². The molecule has 1 N–H and O–H groups in total. The van der Waals surface area contributed by atoms with Gasteiger partial charge in [0.15, 0.2) is 5.65 Å². The average molecular weight is 326 g/mol. The molecule has 3 aromatic rings. The van der Waals surface area contributed by atoms with E-state index < -0.39 is 5.67 Å². The summed E-state index contributed by atoms with van der Waals surface area (Å²) in [4.78, 5) is 13.0. The fraction of sp³-hybridized carbons (Fsp3) is 0.294. The number of aromatic nitrogens is 5. The SMILES string of the molecule is CC(C)(F)CNc1ncc2c(n1)CC=C2c1ccc2nccn2n1.[HH]. The van der Waals surface area contributed by atoms with E-state index in [9.17, 15) is 4.39 Å². The second-order valence-electron chi connectivity index (χ2n) is 6.40. The third kappa shape index (κ3) is 2.73. The fourth-order valence-electron chi connectivity index (χ4n) is 2.68. The molecule has 0 radical (unpaired) electrons. The first-order valence-corrected chi connectivity index (χ1v) is 7.80. The third-order valence-corrected chi connectivity index (χ3v) is 3.86. The van der Waals surface area contributed by atoms with Crippen LogP contribution >= 0.6 is 0 Å². The van der Waals surface area contributed by atoms with Gasteiger partial charge in [0.25, 0.3) is 0 Å². The highest BCUT2D eigenvalue weighted by Crippen LogP contribution is 2.30. The van der Waals surface area contributed by atoms with Gasteiger partial charge in [0, 0.05) is 37.6 Å². The van der Waals surface area contributed by atoms with Gasteiger partial charge in [0.1, 0.15) is 5.67 Å². The van der Waals surface area contributed by atoms with E-state index in [1.54, 1.807) is 16.9 Å². The van der Waals surface area contributed by atoms with Gasteiger partial charge in [-0.05, 0) is 26.0 Å². The molecular weight excluding hydrogens is 307 g/mol. The average Bonchev–Trinajstić information content (AvgIpc) is 3.17. The molecule has 4 rings (SSSR count). The summed E-state index contributed by atoms with van der Waals surface area (Å²) in [5.41, 5.74) is 3.25. The summed E-state index contributed by atoms with van der Waals surface area (Å²) < 4.78 is 15.3. The van der Waals surface area contributed by atoms with Crippen molar-refractivity contribution in [1.82, 2.24) is 24.6 Å². The molecule has 124 valence electrons. The van der Waals surface area contributed by atoms with Gasteiger partial charge in [-0.25, -0.2) is 23.9 Å². The lowest BCUT2D eigenvalue weighted by Crippen LogP contribution is -2.25. The molecule has 0 amide bonds. The lowest BCUT2D eigenvalue weighted by atomic mass is 10.1. The minimum absolute atomic E-state index is 0. The maximum atomic E-state index is 13.6. The van der Waals surface area contributed by atoms with Crippen molar-refractivity contribution in [2.45, 2.75) is 25.9 Å². The van der Waals surface area contributed by atoms with E-state index in [1.165, 1.54) is 13.8 Å². The van der Waals surface area contributed by atoms with Gasteiger partial charge in [0.2, 0.25) is 5.95 Å². The van der Waals surface area contributed by atoms with Crippen LogP contribution in [-0.2, 0) is 6.42 Å². The Morgan fingerprint density at radius 3 is 3.04 bits per heavy atom. The second kappa shape index (κ2) is 5.36. The number of alkyl halides is 1. The van der Waals surface area contributed by atoms with E-state index in [0.717, 1.165) is 28.2 Å². The van der Waals surface area contributed by atoms with Crippen LogP contribution in [0.3, 0.4) is 0 Å². The number of hydrogen-bond acceptors (Lipinski definition) is 5. The number of rotatable bonds is 4. The number of halogens is 1. The fourth-order valence-corrected chi connectivity index (χ4v) is 2.68. The zero-order valence-electron chi connectivity index (χ0n) is 13.5. The van der Waals surface area contributed by atoms with Crippen LogP contribution in [0.1, 0.15) is 32.2 Å². The largest absolute Gasteiger partial charge is 0.351 e. The molecule has 1 aliphatic carbocycles. The Balaban J connectivity index is 0.00000182. The molecule has 7 heteroatoms. The van der Waals surface area contributed by atoms with Gasteiger partial charge in [-0.1, -0.05) is 6.08 Å². The van der Waals surface area contributed by atoms with Crippen molar-refractivity contribution in [1.29, 1.82) is 0 Å². The number of fused-ring (bicyclic) bond motifs is 2. The van der Waals surface area contributed by atoms with E-state index >= 15 is 0 Å². The Labute approximate surface area is 140 Å². The quantitative estimate of drug-likeness (QED) is 0.798. The van der Waals surface area contributed by atoms with Gasteiger partial charge in [-0.2, -0.15) is 5.10 Å². The van der Waals surface area contributed by atoms with Crippen molar-refractivity contribution in [3.63, 3.8) is 0 Å². The predicted molar refractivity (Wildman–Crippen MR) is 91.6 cm³/mol. The Kier molecular flexibility index (Phi) is 3.30. The van der Waals surface area contributed by atoms with Gasteiger partial charge in [0.05, 0.1) is 17.9 Å². The van der Waals surface area contributed by atoms with Crippen LogP contribution in [0.5, 0.6) is 0 Å². The number of imidazole rings is 1. The summed E-state index contributed by atoms with van der Waals surface area (Å²) in [6, 6.07) is 3.88. The smallest absolute Gasteiger partial charge is 0.223 e. The lowest BCUT2D eigenvalue weighted by Gasteiger charge is -2.15. The van der Waals surface area contributed by atoms with E-state index in [0.29, 0.717) is 12.4 Å². The number of nitrogens with zero attached hydrogens (tertiary/aromatic N) is 5. The molecule has 3 heterocycles. The van der Waals surface area contributed by atoms with Crippen LogP contribution in [0, 0.1) is 0 Å². The summed E-state index contributed by atoms with van der Waals surface area (Å²) in [6.07, 6.45) is 8.11. The Morgan fingerprint density at radius 1 is 1.33 bits per heavy atom. The van der Waals surface area contributed by atoms with Crippen molar-refractivity contribution < 1.29 is 5.82 Å². The van der Waals surface area contributed by atoms with E-state index in [1.807, 2.05) is 18.3 Å². The normalized spacial score (nSPS) is 13.9. The molecule has 0 atom stereocenters. The molecule has 3 aromatic heterocycles. The first kappa shape index (κ1) is 14.7. The summed E-state index contributed by atoms with van der Waals surface area (Å²) in [7, 11) is 0. The van der Waals surface area contributed by atoms with E-state index in [4.69, 9.17) is 0 Å². The molecular formula is C17H19FN6. The maximum Gasteiger partial charge on any atom is 0.223 e. The zero-order chi connectivity index (χ0) is 16.7. The van der Waals surface area contributed by atoms with Gasteiger partial charge in [-0.15, -0.1) is 0 Å². The molecule has 0 aromatic carbocycles. The van der Waals surface area contributed by atoms with Crippen molar-refractivity contribution in [2.24, 2.45) is 0 Å². The molecule has 0 spiro atoms. The summed E-state index contributed by atoms with van der Waals surface area (Å²) in [5.74, 6) is 0.451. The van der Waals surface area contributed by atoms with Crippen molar-refractivity contribution in [3.05, 3.63) is 53.8 Å². The predicted octanol–water partition coefficient (Wildman–Crippen LogP) is 2.91. The van der Waals surface area contributed by atoms with Crippen molar-refractivity contribution >= 4 is 17.2 Å². The van der Waals surface area contributed by atoms with Crippen LogP contribution < -0.4 is 5.32 Å². The Bertz CT molecular complexity index is 944. The minimum atomic E-state index is -1.31. The Hall–Kier alpha value is -2.83. The van der Waals surface area contributed by atoms with Gasteiger partial charge < -0.3 is 5.32 Å². The standard InChI is InChI=1S/C17H17FN6.H2/c1-17(2,18)10-21-16-20-9-12-11(3-4-13(12)22-16)14-5-6-15-19-7-8-24(15)23-14;/h3,5-9H,4,10H2,1-2H3,(H,20,21,22);1H. The molecule has 0 saturated carbocycles. The number of allylic oxidation sites excluding steroid dienone is 1. The van der Waals surface area contributed by atoms with Crippen molar-refractivity contribution in [2.75, 3.05) is 11.9 Å². The van der Waals surface area contributed by atoms with Crippen LogP contribution in [0.4, 0.5) is 10.3 Å². The summed E-state index contributed by atoms with van der Waals surface area (Å²) >= 11 is 0. The molecule has 1 aliphatic rings. The van der Waals surface area contributed by atoms with Crippen LogP contribution in [0.15, 0.2) is 36.8 Å². The topological polar surface area (TPSA) is 68.0 Å². The number of anilines is 1. The number of nitrogens with one attached hydrogen (secondary N) is 1. The molecule has 0 saturated heterocycles. The summed E-state index contributed by atoms with van der Waals surface area (Å²) in [5, 5.41) is 7.51. The third-order valence-electron chi connectivity index (χ3n) is 3.86. The number of hydrogen-bond donors (Lipinski definition) is 1. The van der Waals surface area contributed by atoms with Gasteiger partial charge in [-0.3, -0.25) is 0 Å². The van der Waals surface area contributed by atoms with Crippen LogP contribution in [0.2, 0.25) is 0 Å². The van der Waals surface area contributed by atoms with Gasteiger partial charge >= 0.3 is 0 Å². The first-order chi connectivity index (χ1) is 11.5. The van der Waals surface area contributed by atoms with Crippen LogP contribution in [-0.4, -0.2) is 36.8 Å². The van der Waals surface area contributed by atoms with E-state index in [2.05, 4.69) is 31.4 Å². The highest BCUT2D eigenvalue weighted by molar-refractivity contribution is 5.82. The molecule has 0 fully saturated rings. The first-order valence-electron chi connectivity index (χ1n) is 7.80. The molecule has 24 heavy (non-hydrogen) atoms. The maximum absolute atomic E-state index is 13.6. The van der Waals surface area contributed by atoms with Crippen molar-refractivity contribution in [3.8, 4) is 0 Å². The minimum Gasteiger partial charge on any atom is -0.351 e. The van der Waals surface area contributed by atoms with E-state index in [-0.39, 0.29) is 7.97 Å². The zero-order valence-corrected chi connectivity index (χ0v) is 13.5. The Morgan fingerprint density at radius 2 is 2.21 bits per heavy atom. The second-order valence-corrected chi connectivity index (χ2v) is 6.40. The lowest BCUT2D eigenvalue weighted by molar-refractivity contribution is 0.234. The molecule has 0 bridgehead atoms. The molecule has 0 unspecified atom stereocenters. The highest BCUT2D eigenvalue weighted by Gasteiger charge is 2.21. The monoisotopic (exact) mass is 326 g/mol. The molecule has 0 aliphatic heterocycles.